The number of likely N-dealkylation sites (tertiary alicyclic amines) is 1. The first-order valence-corrected chi connectivity index (χ1v) is 10.3. The standard InChI is InChI=1S/C22H26N6O2/c1-15-12-18(26-20-7-3-4-10-23-20)13-19(24-15)17-6-5-11-28(14-17)22(29)9-8-21-25-16(2)27-30-21/h3-4,7,10,12-13,17H,5-6,8-9,11,14H2,1-2H3,(H,23,24,26). The number of hydrogen-bond acceptors (Lipinski definition) is 7. The third kappa shape index (κ3) is 5.00. The molecule has 4 heterocycles. The van der Waals surface area contributed by atoms with Gasteiger partial charge in [0.05, 0.1) is 0 Å². The second kappa shape index (κ2) is 9.02. The number of carbonyl (C=O) groups is 1. The van der Waals surface area contributed by atoms with Crippen LogP contribution in [0.25, 0.3) is 0 Å². The Hall–Kier alpha value is -3.29. The summed E-state index contributed by atoms with van der Waals surface area (Å²) in [5.74, 6) is 2.24. The number of aryl methyl sites for hydroxylation is 3. The van der Waals surface area contributed by atoms with Crippen LogP contribution in [0.5, 0.6) is 0 Å². The van der Waals surface area contributed by atoms with Gasteiger partial charge in [-0.1, -0.05) is 11.2 Å². The normalized spacial score (nSPS) is 16.5. The molecule has 0 radical (unpaired) electrons. The van der Waals surface area contributed by atoms with Gasteiger partial charge in [-0.15, -0.1) is 0 Å². The van der Waals surface area contributed by atoms with Gasteiger partial charge in [0.15, 0.2) is 5.82 Å². The highest BCUT2D eigenvalue weighted by Gasteiger charge is 2.26. The first-order chi connectivity index (χ1) is 14.6. The molecule has 8 heteroatoms. The first-order valence-electron chi connectivity index (χ1n) is 10.3. The third-order valence-electron chi connectivity index (χ3n) is 5.23. The van der Waals surface area contributed by atoms with Crippen molar-refractivity contribution in [3.63, 3.8) is 0 Å². The van der Waals surface area contributed by atoms with Crippen LogP contribution < -0.4 is 5.32 Å². The van der Waals surface area contributed by atoms with Crippen molar-refractivity contribution in [2.75, 3.05) is 18.4 Å². The lowest BCUT2D eigenvalue weighted by molar-refractivity contribution is -0.132. The van der Waals surface area contributed by atoms with Crippen LogP contribution in [-0.2, 0) is 11.2 Å². The van der Waals surface area contributed by atoms with E-state index in [1.807, 2.05) is 36.1 Å². The summed E-state index contributed by atoms with van der Waals surface area (Å²) in [4.78, 5) is 27.9. The predicted octanol–water partition coefficient (Wildman–Crippen LogP) is 3.56. The molecule has 1 saturated heterocycles. The molecule has 1 N–H and O–H groups in total. The van der Waals surface area contributed by atoms with Crippen LogP contribution in [0.2, 0.25) is 0 Å². The van der Waals surface area contributed by atoms with Crippen LogP contribution >= 0.6 is 0 Å². The van der Waals surface area contributed by atoms with Gasteiger partial charge in [0.2, 0.25) is 11.8 Å². The first kappa shape index (κ1) is 20.0. The van der Waals surface area contributed by atoms with Crippen molar-refractivity contribution >= 4 is 17.4 Å². The van der Waals surface area contributed by atoms with Crippen LogP contribution in [0.4, 0.5) is 11.5 Å². The van der Waals surface area contributed by atoms with E-state index in [-0.39, 0.29) is 11.8 Å². The number of rotatable bonds is 6. The fraction of sp³-hybridized carbons (Fsp3) is 0.409. The Morgan fingerprint density at radius 2 is 2.17 bits per heavy atom. The van der Waals surface area contributed by atoms with Crippen LogP contribution in [0.3, 0.4) is 0 Å². The lowest BCUT2D eigenvalue weighted by Gasteiger charge is -2.33. The number of piperidine rings is 1. The zero-order valence-electron chi connectivity index (χ0n) is 17.3. The average molecular weight is 406 g/mol. The van der Waals surface area contributed by atoms with Gasteiger partial charge in [0.25, 0.3) is 0 Å². The molecular formula is C22H26N6O2. The zero-order chi connectivity index (χ0) is 20.9. The number of amides is 1. The Bertz CT molecular complexity index is 1000. The van der Waals surface area contributed by atoms with E-state index in [2.05, 4.69) is 26.5 Å². The zero-order valence-corrected chi connectivity index (χ0v) is 17.3. The molecule has 1 aliphatic rings. The summed E-state index contributed by atoms with van der Waals surface area (Å²) in [5.41, 5.74) is 2.92. The van der Waals surface area contributed by atoms with Crippen molar-refractivity contribution in [3.05, 3.63) is 59.6 Å². The number of nitrogens with zero attached hydrogens (tertiary/aromatic N) is 5. The van der Waals surface area contributed by atoms with Crippen LogP contribution in [0.1, 0.15) is 48.3 Å². The molecule has 8 nitrogen and oxygen atoms in total. The van der Waals surface area contributed by atoms with Gasteiger partial charge in [-0.05, 0) is 51.0 Å². The minimum atomic E-state index is 0.120. The Kier molecular flexibility index (Phi) is 6.02. The molecule has 4 rings (SSSR count). The summed E-state index contributed by atoms with van der Waals surface area (Å²) in [6, 6.07) is 9.85. The molecule has 156 valence electrons. The molecule has 0 saturated carbocycles. The molecule has 3 aromatic rings. The molecule has 1 amide bonds. The van der Waals surface area contributed by atoms with Gasteiger partial charge in [-0.25, -0.2) is 4.98 Å². The maximum absolute atomic E-state index is 12.7. The van der Waals surface area contributed by atoms with Crippen molar-refractivity contribution in [2.24, 2.45) is 0 Å². The van der Waals surface area contributed by atoms with Crippen LogP contribution in [0.15, 0.2) is 41.1 Å². The highest BCUT2D eigenvalue weighted by Crippen LogP contribution is 2.29. The SMILES string of the molecule is Cc1cc(Nc2ccccn2)cc(C2CCCN(C(=O)CCc3nc(C)no3)C2)n1. The summed E-state index contributed by atoms with van der Waals surface area (Å²) < 4.78 is 5.11. The summed E-state index contributed by atoms with van der Waals surface area (Å²) in [7, 11) is 0. The van der Waals surface area contributed by atoms with E-state index in [4.69, 9.17) is 9.51 Å². The number of pyridine rings is 2. The molecular weight excluding hydrogens is 380 g/mol. The highest BCUT2D eigenvalue weighted by molar-refractivity contribution is 5.76. The van der Waals surface area contributed by atoms with Crippen molar-refractivity contribution in [3.8, 4) is 0 Å². The summed E-state index contributed by atoms with van der Waals surface area (Å²) in [5, 5.41) is 7.12. The van der Waals surface area contributed by atoms with Gasteiger partial charge in [0.1, 0.15) is 5.82 Å². The van der Waals surface area contributed by atoms with E-state index < -0.39 is 0 Å². The molecule has 0 aromatic carbocycles. The van der Waals surface area contributed by atoms with Crippen LogP contribution in [-0.4, -0.2) is 44.0 Å². The molecule has 1 unspecified atom stereocenters. The maximum Gasteiger partial charge on any atom is 0.227 e. The Labute approximate surface area is 175 Å². The van der Waals surface area contributed by atoms with Crippen molar-refractivity contribution in [1.82, 2.24) is 25.0 Å². The van der Waals surface area contributed by atoms with Gasteiger partial charge >= 0.3 is 0 Å². The second-order valence-electron chi connectivity index (χ2n) is 7.68. The minimum Gasteiger partial charge on any atom is -0.342 e. The molecule has 0 bridgehead atoms. The average Bonchev–Trinajstić information content (AvgIpc) is 3.17. The monoisotopic (exact) mass is 406 g/mol. The fourth-order valence-electron chi connectivity index (χ4n) is 3.82. The number of carbonyl (C=O) groups excluding carboxylic acids is 1. The quantitative estimate of drug-likeness (QED) is 0.668. The highest BCUT2D eigenvalue weighted by atomic mass is 16.5. The third-order valence-corrected chi connectivity index (χ3v) is 5.23. The number of anilines is 2. The predicted molar refractivity (Wildman–Crippen MR) is 112 cm³/mol. The molecule has 0 spiro atoms. The van der Waals surface area contributed by atoms with E-state index in [0.717, 1.165) is 42.3 Å². The van der Waals surface area contributed by atoms with E-state index in [0.29, 0.717) is 31.1 Å². The Morgan fingerprint density at radius 1 is 1.27 bits per heavy atom. The van der Waals surface area contributed by atoms with Gasteiger partial charge in [-0.3, -0.25) is 9.78 Å². The van der Waals surface area contributed by atoms with Gasteiger partial charge < -0.3 is 14.7 Å². The molecule has 1 fully saturated rings. The smallest absolute Gasteiger partial charge is 0.227 e. The van der Waals surface area contributed by atoms with E-state index in [1.54, 1.807) is 13.1 Å². The molecule has 0 aliphatic carbocycles. The van der Waals surface area contributed by atoms with Gasteiger partial charge in [0, 0.05) is 55.1 Å². The maximum atomic E-state index is 12.7. The summed E-state index contributed by atoms with van der Waals surface area (Å²) >= 11 is 0. The number of hydrogen-bond donors (Lipinski definition) is 1. The van der Waals surface area contributed by atoms with Crippen molar-refractivity contribution in [1.29, 1.82) is 0 Å². The fourth-order valence-corrected chi connectivity index (χ4v) is 3.82. The molecule has 3 aromatic heterocycles. The summed E-state index contributed by atoms with van der Waals surface area (Å²) in [6.07, 6.45) is 4.60. The van der Waals surface area contributed by atoms with Gasteiger partial charge in [-0.2, -0.15) is 4.98 Å². The molecule has 30 heavy (non-hydrogen) atoms. The molecule has 1 atom stereocenters. The molecule has 1 aliphatic heterocycles. The van der Waals surface area contributed by atoms with Crippen molar-refractivity contribution < 1.29 is 9.32 Å². The van der Waals surface area contributed by atoms with E-state index in [1.165, 1.54) is 0 Å². The Balaban J connectivity index is 1.41. The lowest BCUT2D eigenvalue weighted by atomic mass is 9.93. The van der Waals surface area contributed by atoms with E-state index >= 15 is 0 Å². The van der Waals surface area contributed by atoms with Crippen LogP contribution in [0, 0.1) is 13.8 Å². The van der Waals surface area contributed by atoms with Crippen molar-refractivity contribution in [2.45, 2.75) is 45.4 Å². The van der Waals surface area contributed by atoms with E-state index in [9.17, 15) is 4.79 Å². The largest absolute Gasteiger partial charge is 0.342 e. The minimum absolute atomic E-state index is 0.120. The number of aromatic nitrogens is 4. The topological polar surface area (TPSA) is 97.0 Å². The Morgan fingerprint density at radius 3 is 2.93 bits per heavy atom. The lowest BCUT2D eigenvalue weighted by Crippen LogP contribution is -2.39. The summed E-state index contributed by atoms with van der Waals surface area (Å²) in [6.45, 7) is 5.23. The second-order valence-corrected chi connectivity index (χ2v) is 7.68. The number of nitrogens with one attached hydrogen (secondary N) is 1.